The van der Waals surface area contributed by atoms with Crippen molar-refractivity contribution in [3.05, 3.63) is 71.5 Å². The van der Waals surface area contributed by atoms with Crippen LogP contribution >= 0.6 is 0 Å². The first-order chi connectivity index (χ1) is 9.63. The van der Waals surface area contributed by atoms with Gasteiger partial charge in [-0.15, -0.1) is 0 Å². The highest BCUT2D eigenvalue weighted by Gasteiger charge is 1.97. The lowest BCUT2D eigenvalue weighted by atomic mass is 10.0. The van der Waals surface area contributed by atoms with Gasteiger partial charge in [-0.3, -0.25) is 0 Å². The normalized spacial score (nSPS) is 9.15. The molecule has 2 aromatic rings. The fraction of sp³-hybridized carbons (Fsp3) is 0.368. The zero-order valence-electron chi connectivity index (χ0n) is 13.4. The molecule has 0 aliphatic heterocycles. The molecular formula is C19H27F. The van der Waals surface area contributed by atoms with Crippen molar-refractivity contribution in [1.29, 1.82) is 0 Å². The van der Waals surface area contributed by atoms with E-state index >= 15 is 0 Å². The summed E-state index contributed by atoms with van der Waals surface area (Å²) in [5.41, 5.74) is 2.47. The lowest BCUT2D eigenvalue weighted by Crippen LogP contribution is -1.86. The molecule has 0 heterocycles. The molecule has 0 saturated carbocycles. The van der Waals surface area contributed by atoms with Gasteiger partial charge in [0.05, 0.1) is 0 Å². The summed E-state index contributed by atoms with van der Waals surface area (Å²) in [6.07, 6.45) is 1.14. The predicted molar refractivity (Wildman–Crippen MR) is 87.7 cm³/mol. The molecule has 0 aromatic heterocycles. The van der Waals surface area contributed by atoms with E-state index in [1.165, 1.54) is 11.6 Å². The minimum absolute atomic E-state index is 0.147. The predicted octanol–water partition coefficient (Wildman–Crippen LogP) is 6.22. The third-order valence-corrected chi connectivity index (χ3v) is 2.77. The van der Waals surface area contributed by atoms with Crippen LogP contribution in [0.15, 0.2) is 54.6 Å². The number of hydrogen-bond donors (Lipinski definition) is 0. The molecule has 0 radical (unpaired) electrons. The van der Waals surface area contributed by atoms with E-state index in [0.29, 0.717) is 5.92 Å². The third kappa shape index (κ3) is 7.73. The van der Waals surface area contributed by atoms with Crippen molar-refractivity contribution < 1.29 is 4.39 Å². The molecule has 1 heteroatoms. The molecule has 0 aliphatic carbocycles. The van der Waals surface area contributed by atoms with E-state index < -0.39 is 0 Å². The summed E-state index contributed by atoms with van der Waals surface area (Å²) in [6, 6.07) is 17.2. The van der Waals surface area contributed by atoms with Crippen molar-refractivity contribution in [3.8, 4) is 0 Å². The maximum atomic E-state index is 12.5. The van der Waals surface area contributed by atoms with E-state index in [4.69, 9.17) is 0 Å². The zero-order valence-corrected chi connectivity index (χ0v) is 13.4. The van der Waals surface area contributed by atoms with Crippen LogP contribution in [0.25, 0.3) is 0 Å². The van der Waals surface area contributed by atoms with Crippen molar-refractivity contribution in [3.63, 3.8) is 0 Å². The Morgan fingerprint density at radius 1 is 0.900 bits per heavy atom. The van der Waals surface area contributed by atoms with Crippen molar-refractivity contribution in [1.82, 2.24) is 0 Å². The molecule has 0 nitrogen and oxygen atoms in total. The van der Waals surface area contributed by atoms with Crippen LogP contribution in [-0.2, 0) is 6.42 Å². The Balaban J connectivity index is 0.000000327. The molecule has 0 saturated heterocycles. The highest BCUT2D eigenvalue weighted by Crippen LogP contribution is 2.14. The van der Waals surface area contributed by atoms with Crippen LogP contribution in [0.2, 0.25) is 0 Å². The summed E-state index contributed by atoms with van der Waals surface area (Å²) >= 11 is 0. The Bertz CT molecular complexity index is 446. The van der Waals surface area contributed by atoms with Gasteiger partial charge in [-0.2, -0.15) is 0 Å². The SMILES string of the molecule is CC.CC(C)c1cccc(F)c1.CCc1ccccc1. The van der Waals surface area contributed by atoms with Gasteiger partial charge in [-0.25, -0.2) is 4.39 Å². The average Bonchev–Trinajstić information content (AvgIpc) is 2.51. The summed E-state index contributed by atoms with van der Waals surface area (Å²) in [4.78, 5) is 0. The Kier molecular flexibility index (Phi) is 10.3. The number of benzene rings is 2. The second-order valence-electron chi connectivity index (χ2n) is 4.55. The Morgan fingerprint density at radius 3 is 1.85 bits per heavy atom. The maximum absolute atomic E-state index is 12.5. The molecule has 0 spiro atoms. The second kappa shape index (κ2) is 11.2. The molecule has 0 fully saturated rings. The number of aryl methyl sites for hydroxylation is 1. The van der Waals surface area contributed by atoms with Gasteiger partial charge >= 0.3 is 0 Å². The fourth-order valence-electron chi connectivity index (χ4n) is 1.58. The van der Waals surface area contributed by atoms with Crippen LogP contribution < -0.4 is 0 Å². The maximum Gasteiger partial charge on any atom is 0.123 e. The Hall–Kier alpha value is -1.63. The summed E-state index contributed by atoms with van der Waals surface area (Å²) < 4.78 is 12.5. The van der Waals surface area contributed by atoms with E-state index in [1.54, 1.807) is 12.1 Å². The standard InChI is InChI=1S/C9H11F.C8H10.C2H6/c1-7(2)8-4-3-5-9(10)6-8;1-2-8-6-4-3-5-7-8;1-2/h3-7H,1-2H3;3-7H,2H2,1H3;1-2H3. The van der Waals surface area contributed by atoms with Gasteiger partial charge in [-0.1, -0.05) is 77.1 Å². The van der Waals surface area contributed by atoms with E-state index in [-0.39, 0.29) is 5.82 Å². The van der Waals surface area contributed by atoms with Gasteiger partial charge in [0.2, 0.25) is 0 Å². The van der Waals surface area contributed by atoms with Crippen LogP contribution in [-0.4, -0.2) is 0 Å². The number of rotatable bonds is 2. The molecule has 0 unspecified atom stereocenters. The molecule has 0 N–H and O–H groups in total. The first kappa shape index (κ1) is 18.4. The van der Waals surface area contributed by atoms with Crippen LogP contribution in [0.5, 0.6) is 0 Å². The van der Waals surface area contributed by atoms with E-state index in [0.717, 1.165) is 12.0 Å². The Morgan fingerprint density at radius 2 is 1.50 bits per heavy atom. The monoisotopic (exact) mass is 274 g/mol. The first-order valence-electron chi connectivity index (χ1n) is 7.43. The third-order valence-electron chi connectivity index (χ3n) is 2.77. The van der Waals surface area contributed by atoms with Crippen molar-refractivity contribution >= 4 is 0 Å². The molecule has 0 amide bonds. The molecule has 0 aliphatic rings. The summed E-state index contributed by atoms with van der Waals surface area (Å²) in [5.74, 6) is 0.266. The molecule has 2 rings (SSSR count). The first-order valence-corrected chi connectivity index (χ1v) is 7.43. The molecule has 20 heavy (non-hydrogen) atoms. The number of halogens is 1. The van der Waals surface area contributed by atoms with Crippen LogP contribution in [0.3, 0.4) is 0 Å². The van der Waals surface area contributed by atoms with E-state index in [9.17, 15) is 4.39 Å². The summed E-state index contributed by atoms with van der Waals surface area (Å²) in [7, 11) is 0. The largest absolute Gasteiger partial charge is 0.207 e. The zero-order chi connectivity index (χ0) is 15.4. The fourth-order valence-corrected chi connectivity index (χ4v) is 1.58. The van der Waals surface area contributed by atoms with Crippen LogP contribution in [0.4, 0.5) is 4.39 Å². The van der Waals surface area contributed by atoms with Crippen molar-refractivity contribution in [2.24, 2.45) is 0 Å². The molecule has 110 valence electrons. The highest BCUT2D eigenvalue weighted by atomic mass is 19.1. The van der Waals surface area contributed by atoms with E-state index in [2.05, 4.69) is 45.0 Å². The molecular weight excluding hydrogens is 247 g/mol. The lowest BCUT2D eigenvalue weighted by Gasteiger charge is -2.02. The molecule has 0 bridgehead atoms. The minimum atomic E-state index is -0.147. The van der Waals surface area contributed by atoms with Gasteiger partial charge < -0.3 is 0 Å². The van der Waals surface area contributed by atoms with Crippen molar-refractivity contribution in [2.45, 2.75) is 47.0 Å². The number of hydrogen-bond acceptors (Lipinski definition) is 0. The van der Waals surface area contributed by atoms with E-state index in [1.807, 2.05) is 26.0 Å². The summed E-state index contributed by atoms with van der Waals surface area (Å²) in [6.45, 7) is 10.3. The average molecular weight is 274 g/mol. The quantitative estimate of drug-likeness (QED) is 0.609. The summed E-state index contributed by atoms with van der Waals surface area (Å²) in [5, 5.41) is 0. The van der Waals surface area contributed by atoms with Gasteiger partial charge in [0.25, 0.3) is 0 Å². The van der Waals surface area contributed by atoms with Gasteiger partial charge in [0, 0.05) is 0 Å². The smallest absolute Gasteiger partial charge is 0.123 e. The minimum Gasteiger partial charge on any atom is -0.207 e. The van der Waals surface area contributed by atoms with Gasteiger partial charge in [0.1, 0.15) is 5.82 Å². The molecule has 2 aromatic carbocycles. The van der Waals surface area contributed by atoms with Crippen molar-refractivity contribution in [2.75, 3.05) is 0 Å². The van der Waals surface area contributed by atoms with Crippen LogP contribution in [0.1, 0.15) is 51.7 Å². The lowest BCUT2D eigenvalue weighted by molar-refractivity contribution is 0.623. The topological polar surface area (TPSA) is 0 Å². The second-order valence-corrected chi connectivity index (χ2v) is 4.55. The van der Waals surface area contributed by atoms with Crippen LogP contribution in [0, 0.1) is 5.82 Å². The Labute approximate surface area is 123 Å². The van der Waals surface area contributed by atoms with Gasteiger partial charge in [-0.05, 0) is 35.6 Å². The highest BCUT2D eigenvalue weighted by molar-refractivity contribution is 5.19. The molecule has 0 atom stereocenters. The van der Waals surface area contributed by atoms with Gasteiger partial charge in [0.15, 0.2) is 0 Å².